The van der Waals surface area contributed by atoms with Gasteiger partial charge in [0.15, 0.2) is 16.6 Å². The summed E-state index contributed by atoms with van der Waals surface area (Å²) in [7, 11) is 1.55. The van der Waals surface area contributed by atoms with E-state index in [4.69, 9.17) is 21.1 Å². The maximum Gasteiger partial charge on any atom is 0.250 e. The largest absolute Gasteiger partial charge is 0.493 e. The summed E-state index contributed by atoms with van der Waals surface area (Å²) in [6.07, 6.45) is 4.77. The molecule has 0 aliphatic heterocycles. The number of hydrogen-bond donors (Lipinski definition) is 1. The van der Waals surface area contributed by atoms with Gasteiger partial charge in [-0.1, -0.05) is 11.6 Å². The number of carbonyl (C=O) groups is 1. The monoisotopic (exact) mass is 366 g/mol. The van der Waals surface area contributed by atoms with E-state index in [1.165, 1.54) is 17.4 Å². The van der Waals surface area contributed by atoms with Gasteiger partial charge in [0.1, 0.15) is 0 Å². The van der Waals surface area contributed by atoms with E-state index < -0.39 is 0 Å². The third-order valence-corrected chi connectivity index (χ3v) is 3.99. The number of ether oxygens (including phenoxy) is 2. The molecule has 1 aromatic heterocycles. The molecule has 2 aromatic rings. The third kappa shape index (κ3) is 4.97. The van der Waals surface area contributed by atoms with Gasteiger partial charge in [-0.05, 0) is 44.5 Å². The number of anilines is 1. The van der Waals surface area contributed by atoms with Crippen LogP contribution < -0.4 is 14.8 Å². The lowest BCUT2D eigenvalue weighted by Gasteiger charge is -2.15. The number of amides is 1. The molecular formula is C17H19ClN2O3S. The molecule has 0 aliphatic rings. The zero-order valence-electron chi connectivity index (χ0n) is 13.9. The SMILES string of the molecule is COc1cc(/C=C/C(=O)Nc2ncc(C)s2)cc(Cl)c1OC(C)C. The van der Waals surface area contributed by atoms with E-state index in [0.717, 1.165) is 10.4 Å². The van der Waals surface area contributed by atoms with Gasteiger partial charge in [-0.25, -0.2) is 4.98 Å². The summed E-state index contributed by atoms with van der Waals surface area (Å²) in [5, 5.41) is 3.70. The van der Waals surface area contributed by atoms with Crippen LogP contribution in [0.1, 0.15) is 24.3 Å². The van der Waals surface area contributed by atoms with Crippen molar-refractivity contribution in [3.8, 4) is 11.5 Å². The van der Waals surface area contributed by atoms with Crippen LogP contribution in [0.4, 0.5) is 5.13 Å². The summed E-state index contributed by atoms with van der Waals surface area (Å²) < 4.78 is 11.0. The average Bonchev–Trinajstić information content (AvgIpc) is 2.92. The molecule has 1 N–H and O–H groups in total. The van der Waals surface area contributed by atoms with Crippen LogP contribution in [0.5, 0.6) is 11.5 Å². The molecule has 1 aromatic carbocycles. The van der Waals surface area contributed by atoms with E-state index in [9.17, 15) is 4.79 Å². The fourth-order valence-electron chi connectivity index (χ4n) is 1.92. The van der Waals surface area contributed by atoms with Crippen molar-refractivity contribution < 1.29 is 14.3 Å². The van der Waals surface area contributed by atoms with Gasteiger partial charge in [-0.2, -0.15) is 0 Å². The molecule has 0 radical (unpaired) electrons. The number of carbonyl (C=O) groups excluding carboxylic acids is 1. The summed E-state index contributed by atoms with van der Waals surface area (Å²) in [5.41, 5.74) is 0.735. The molecule has 0 aliphatic carbocycles. The first-order valence-electron chi connectivity index (χ1n) is 7.34. The zero-order chi connectivity index (χ0) is 17.7. The number of halogens is 1. The highest BCUT2D eigenvalue weighted by Crippen LogP contribution is 2.37. The molecule has 1 amide bonds. The Bertz CT molecular complexity index is 756. The molecular weight excluding hydrogens is 348 g/mol. The second kappa shape index (κ2) is 8.17. The first kappa shape index (κ1) is 18.3. The van der Waals surface area contributed by atoms with Crippen molar-refractivity contribution in [2.45, 2.75) is 26.9 Å². The van der Waals surface area contributed by atoms with E-state index in [1.807, 2.05) is 20.8 Å². The van der Waals surface area contributed by atoms with Crippen molar-refractivity contribution in [2.24, 2.45) is 0 Å². The second-order valence-corrected chi connectivity index (χ2v) is 6.94. The Kier molecular flexibility index (Phi) is 6.23. The Morgan fingerprint density at radius 3 is 2.75 bits per heavy atom. The summed E-state index contributed by atoms with van der Waals surface area (Å²) in [5.74, 6) is 0.753. The molecule has 0 saturated carbocycles. The minimum Gasteiger partial charge on any atom is -0.493 e. The predicted molar refractivity (Wildman–Crippen MR) is 98.3 cm³/mol. The van der Waals surface area contributed by atoms with Gasteiger partial charge >= 0.3 is 0 Å². The smallest absolute Gasteiger partial charge is 0.250 e. The van der Waals surface area contributed by atoms with Crippen molar-refractivity contribution in [3.63, 3.8) is 0 Å². The van der Waals surface area contributed by atoms with Gasteiger partial charge in [0, 0.05) is 17.2 Å². The molecule has 2 rings (SSSR count). The number of nitrogens with zero attached hydrogens (tertiary/aromatic N) is 1. The molecule has 0 bridgehead atoms. The number of rotatable bonds is 6. The molecule has 0 saturated heterocycles. The molecule has 24 heavy (non-hydrogen) atoms. The molecule has 128 valence electrons. The Morgan fingerprint density at radius 1 is 1.42 bits per heavy atom. The minimum absolute atomic E-state index is 0.0228. The second-order valence-electron chi connectivity index (χ2n) is 5.30. The first-order chi connectivity index (χ1) is 11.4. The Morgan fingerprint density at radius 2 is 2.17 bits per heavy atom. The molecule has 0 fully saturated rings. The average molecular weight is 367 g/mol. The lowest BCUT2D eigenvalue weighted by Crippen LogP contribution is -2.08. The van der Waals surface area contributed by atoms with Crippen molar-refractivity contribution in [1.29, 1.82) is 0 Å². The summed E-state index contributed by atoms with van der Waals surface area (Å²) in [6.45, 7) is 5.75. The molecule has 0 unspecified atom stereocenters. The number of aromatic nitrogens is 1. The molecule has 0 atom stereocenters. The van der Waals surface area contributed by atoms with Crippen LogP contribution >= 0.6 is 22.9 Å². The third-order valence-electron chi connectivity index (χ3n) is 2.88. The Hall–Kier alpha value is -2.05. The Labute approximate surface area is 150 Å². The van der Waals surface area contributed by atoms with E-state index in [0.29, 0.717) is 21.7 Å². The zero-order valence-corrected chi connectivity index (χ0v) is 15.5. The number of thiazole rings is 1. The summed E-state index contributed by atoms with van der Waals surface area (Å²) >= 11 is 7.68. The number of nitrogens with one attached hydrogen (secondary N) is 1. The van der Waals surface area contributed by atoms with Crippen molar-refractivity contribution in [3.05, 3.63) is 39.9 Å². The van der Waals surface area contributed by atoms with Crippen molar-refractivity contribution >= 4 is 40.1 Å². The van der Waals surface area contributed by atoms with E-state index in [-0.39, 0.29) is 12.0 Å². The highest BCUT2D eigenvalue weighted by Gasteiger charge is 2.12. The van der Waals surface area contributed by atoms with Crippen molar-refractivity contribution in [2.75, 3.05) is 12.4 Å². The van der Waals surface area contributed by atoms with E-state index >= 15 is 0 Å². The maximum atomic E-state index is 11.9. The van der Waals surface area contributed by atoms with Gasteiger partial charge < -0.3 is 9.47 Å². The first-order valence-corrected chi connectivity index (χ1v) is 8.54. The normalized spacial score (nSPS) is 11.1. The maximum absolute atomic E-state index is 11.9. The summed E-state index contributed by atoms with van der Waals surface area (Å²) in [6, 6.07) is 3.49. The highest BCUT2D eigenvalue weighted by atomic mass is 35.5. The number of benzene rings is 1. The lowest BCUT2D eigenvalue weighted by atomic mass is 10.2. The molecule has 5 nitrogen and oxygen atoms in total. The number of aryl methyl sites for hydroxylation is 1. The molecule has 7 heteroatoms. The van der Waals surface area contributed by atoms with Crippen LogP contribution in [-0.2, 0) is 4.79 Å². The summed E-state index contributed by atoms with van der Waals surface area (Å²) in [4.78, 5) is 17.0. The van der Waals surface area contributed by atoms with Crippen LogP contribution in [-0.4, -0.2) is 24.1 Å². The fraction of sp³-hybridized carbons (Fsp3) is 0.294. The number of hydrogen-bond acceptors (Lipinski definition) is 5. The Balaban J connectivity index is 2.14. The van der Waals surface area contributed by atoms with Gasteiger partial charge in [-0.3, -0.25) is 10.1 Å². The quantitative estimate of drug-likeness (QED) is 0.762. The lowest BCUT2D eigenvalue weighted by molar-refractivity contribution is -0.111. The topological polar surface area (TPSA) is 60.5 Å². The standard InChI is InChI=1S/C17H19ClN2O3S/c1-10(2)23-16-13(18)7-12(8-14(16)22-4)5-6-15(21)20-17-19-9-11(3)24-17/h5-10H,1-4H3,(H,19,20,21)/b6-5+. The van der Waals surface area contributed by atoms with Crippen LogP contribution in [0, 0.1) is 6.92 Å². The van der Waals surface area contributed by atoms with Crippen LogP contribution in [0.15, 0.2) is 24.4 Å². The van der Waals surface area contributed by atoms with Gasteiger partial charge in [-0.15, -0.1) is 11.3 Å². The van der Waals surface area contributed by atoms with Crippen LogP contribution in [0.25, 0.3) is 6.08 Å². The van der Waals surface area contributed by atoms with Gasteiger partial charge in [0.2, 0.25) is 5.91 Å². The van der Waals surface area contributed by atoms with E-state index in [2.05, 4.69) is 10.3 Å². The van der Waals surface area contributed by atoms with Gasteiger partial charge in [0.25, 0.3) is 0 Å². The van der Waals surface area contributed by atoms with Crippen LogP contribution in [0.3, 0.4) is 0 Å². The highest BCUT2D eigenvalue weighted by molar-refractivity contribution is 7.15. The molecule has 0 spiro atoms. The van der Waals surface area contributed by atoms with Gasteiger partial charge in [0.05, 0.1) is 18.2 Å². The number of methoxy groups -OCH3 is 1. The van der Waals surface area contributed by atoms with Crippen LogP contribution in [0.2, 0.25) is 5.02 Å². The van der Waals surface area contributed by atoms with E-state index in [1.54, 1.807) is 31.5 Å². The molecule has 1 heterocycles. The minimum atomic E-state index is -0.262. The van der Waals surface area contributed by atoms with Crippen molar-refractivity contribution in [1.82, 2.24) is 4.98 Å². The fourth-order valence-corrected chi connectivity index (χ4v) is 2.85. The predicted octanol–water partition coefficient (Wildman–Crippen LogP) is 4.55.